The Morgan fingerprint density at radius 1 is 0.857 bits per heavy atom. The Bertz CT molecular complexity index is 1300. The lowest BCUT2D eigenvalue weighted by atomic mass is 10.1. The summed E-state index contributed by atoms with van der Waals surface area (Å²) >= 11 is 6.00. The minimum atomic E-state index is -4.74. The van der Waals surface area contributed by atoms with Gasteiger partial charge >= 0.3 is 6.36 Å². The monoisotopic (exact) mass is 504 g/mol. The molecule has 0 aliphatic heterocycles. The summed E-state index contributed by atoms with van der Waals surface area (Å²) in [4.78, 5) is 4.86. The van der Waals surface area contributed by atoms with Crippen molar-refractivity contribution in [2.24, 2.45) is 0 Å². The molecule has 0 radical (unpaired) electrons. The first-order valence-corrected chi connectivity index (χ1v) is 11.3. The molecule has 4 aromatic rings. The third kappa shape index (κ3) is 6.00. The molecule has 35 heavy (non-hydrogen) atoms. The zero-order chi connectivity index (χ0) is 25.2. The van der Waals surface area contributed by atoms with Gasteiger partial charge in [0.05, 0.1) is 17.6 Å². The van der Waals surface area contributed by atoms with Gasteiger partial charge in [0, 0.05) is 17.6 Å². The van der Waals surface area contributed by atoms with Gasteiger partial charge in [0.25, 0.3) is 0 Å². The molecule has 9 heteroatoms. The molecule has 0 amide bonds. The molecule has 0 saturated heterocycles. The average Bonchev–Trinajstić information content (AvgIpc) is 3.14. The van der Waals surface area contributed by atoms with Gasteiger partial charge in [-0.15, -0.1) is 13.2 Å². The molecule has 0 N–H and O–H groups in total. The van der Waals surface area contributed by atoms with Gasteiger partial charge in [0.2, 0.25) is 0 Å². The Morgan fingerprint density at radius 2 is 1.46 bits per heavy atom. The quantitative estimate of drug-likeness (QED) is 0.252. The highest BCUT2D eigenvalue weighted by Crippen LogP contribution is 2.33. The molecule has 5 nitrogen and oxygen atoms in total. The van der Waals surface area contributed by atoms with Gasteiger partial charge in [-0.2, -0.15) is 0 Å². The van der Waals surface area contributed by atoms with Gasteiger partial charge in [0.1, 0.15) is 17.2 Å². The van der Waals surface area contributed by atoms with Gasteiger partial charge in [-0.05, 0) is 74.9 Å². The van der Waals surface area contributed by atoms with Crippen LogP contribution in [0.2, 0.25) is 5.02 Å². The van der Waals surface area contributed by atoms with Gasteiger partial charge in [-0.25, -0.2) is 4.98 Å². The Morgan fingerprint density at radius 3 is 2.09 bits per heavy atom. The second kappa shape index (κ2) is 9.70. The molecule has 0 spiro atoms. The van der Waals surface area contributed by atoms with Gasteiger partial charge in [-0.3, -0.25) is 0 Å². The number of fused-ring (bicyclic) bond motifs is 1. The van der Waals surface area contributed by atoms with E-state index in [0.717, 1.165) is 16.6 Å². The van der Waals surface area contributed by atoms with Crippen molar-refractivity contribution in [3.8, 4) is 17.2 Å². The third-order valence-corrected chi connectivity index (χ3v) is 5.51. The van der Waals surface area contributed by atoms with Crippen LogP contribution in [0.3, 0.4) is 0 Å². The van der Waals surface area contributed by atoms with E-state index in [9.17, 15) is 13.2 Å². The number of nitrogens with zero attached hydrogens (tertiary/aromatic N) is 2. The molecule has 0 aliphatic carbocycles. The first kappa shape index (κ1) is 24.7. The summed E-state index contributed by atoms with van der Waals surface area (Å²) in [7, 11) is 0. The zero-order valence-corrected chi connectivity index (χ0v) is 20.2. The van der Waals surface area contributed by atoms with Crippen molar-refractivity contribution in [1.29, 1.82) is 0 Å². The van der Waals surface area contributed by atoms with Crippen LogP contribution in [0.5, 0.6) is 17.2 Å². The first-order valence-electron chi connectivity index (χ1n) is 11.0. The third-order valence-electron chi connectivity index (χ3n) is 5.25. The first-order chi connectivity index (χ1) is 16.5. The lowest BCUT2D eigenvalue weighted by Crippen LogP contribution is -2.30. The lowest BCUT2D eigenvalue weighted by Gasteiger charge is -2.27. The summed E-state index contributed by atoms with van der Waals surface area (Å²) in [5.74, 6) is 1.69. The summed E-state index contributed by atoms with van der Waals surface area (Å²) in [6.07, 6.45) is -4.74. The highest BCUT2D eigenvalue weighted by Gasteiger charge is 2.32. The molecule has 0 unspecified atom stereocenters. The smallest absolute Gasteiger partial charge is 0.494 e. The Labute approximate surface area is 206 Å². The molecular weight excluding hydrogens is 481 g/mol. The Balaban J connectivity index is 1.72. The van der Waals surface area contributed by atoms with Crippen LogP contribution in [0.4, 0.5) is 13.2 Å². The van der Waals surface area contributed by atoms with E-state index in [1.165, 1.54) is 12.1 Å². The van der Waals surface area contributed by atoms with Gasteiger partial charge in [0.15, 0.2) is 11.4 Å². The molecule has 0 aliphatic rings. The molecule has 0 atom stereocenters. The maximum Gasteiger partial charge on any atom is 0.573 e. The number of hydrogen-bond donors (Lipinski definition) is 0. The number of aromatic nitrogens is 2. The number of ether oxygens (including phenoxy) is 3. The van der Waals surface area contributed by atoms with Crippen LogP contribution in [0.1, 0.15) is 32.2 Å². The molecule has 3 aromatic carbocycles. The minimum absolute atomic E-state index is 0.273. The number of hydrogen-bond acceptors (Lipinski definition) is 4. The van der Waals surface area contributed by atoms with E-state index in [-0.39, 0.29) is 5.75 Å². The molecular formula is C26H24ClF3N2O3. The number of benzene rings is 3. The van der Waals surface area contributed by atoms with E-state index in [1.807, 2.05) is 43.5 Å². The van der Waals surface area contributed by atoms with E-state index in [1.54, 1.807) is 36.4 Å². The summed E-state index contributed by atoms with van der Waals surface area (Å²) < 4.78 is 55.5. The van der Waals surface area contributed by atoms with E-state index in [0.29, 0.717) is 35.5 Å². The fraction of sp³-hybridized carbons (Fsp3) is 0.269. The molecule has 0 saturated carbocycles. The summed E-state index contributed by atoms with van der Waals surface area (Å²) in [5, 5.41) is 0.601. The SMILES string of the molecule is CCOc1ccc2c(c1)nc(C(C)(C)Oc1ccc(Cl)cc1)n2Cc1ccc(OC(F)(F)F)cc1. The van der Waals surface area contributed by atoms with Crippen molar-refractivity contribution in [1.82, 2.24) is 9.55 Å². The molecule has 184 valence electrons. The average molecular weight is 505 g/mol. The Hall–Kier alpha value is -3.39. The van der Waals surface area contributed by atoms with Gasteiger partial charge < -0.3 is 18.8 Å². The van der Waals surface area contributed by atoms with Crippen molar-refractivity contribution >= 4 is 22.6 Å². The minimum Gasteiger partial charge on any atom is -0.494 e. The van der Waals surface area contributed by atoms with Crippen molar-refractivity contribution in [2.75, 3.05) is 6.61 Å². The van der Waals surface area contributed by atoms with Crippen LogP contribution < -0.4 is 14.2 Å². The summed E-state index contributed by atoms with van der Waals surface area (Å²) in [6.45, 7) is 6.60. The van der Waals surface area contributed by atoms with Crippen molar-refractivity contribution in [2.45, 2.75) is 39.3 Å². The number of halogens is 4. The van der Waals surface area contributed by atoms with E-state index < -0.39 is 12.0 Å². The van der Waals surface area contributed by atoms with Gasteiger partial charge in [-0.1, -0.05) is 23.7 Å². The fourth-order valence-corrected chi connectivity index (χ4v) is 3.93. The predicted octanol–water partition coefficient (Wildman–Crippen LogP) is 7.35. The van der Waals surface area contributed by atoms with Crippen molar-refractivity contribution in [3.05, 3.63) is 83.1 Å². The molecule has 4 rings (SSSR count). The zero-order valence-electron chi connectivity index (χ0n) is 19.4. The largest absolute Gasteiger partial charge is 0.573 e. The molecule has 1 aromatic heterocycles. The van der Waals surface area contributed by atoms with Crippen molar-refractivity contribution in [3.63, 3.8) is 0 Å². The van der Waals surface area contributed by atoms with Crippen LogP contribution in [0.25, 0.3) is 11.0 Å². The topological polar surface area (TPSA) is 45.5 Å². The molecule has 0 fully saturated rings. The predicted molar refractivity (Wildman–Crippen MR) is 128 cm³/mol. The summed E-state index contributed by atoms with van der Waals surface area (Å²) in [5.41, 5.74) is 1.48. The van der Waals surface area contributed by atoms with Crippen molar-refractivity contribution < 1.29 is 27.4 Å². The maximum atomic E-state index is 12.5. The number of alkyl halides is 3. The van der Waals surface area contributed by atoms with Crippen LogP contribution in [-0.4, -0.2) is 22.5 Å². The molecule has 1 heterocycles. The fourth-order valence-electron chi connectivity index (χ4n) is 3.81. The van der Waals surface area contributed by atoms with Crippen LogP contribution in [-0.2, 0) is 12.1 Å². The van der Waals surface area contributed by atoms with E-state index in [4.69, 9.17) is 26.1 Å². The number of imidazole rings is 1. The lowest BCUT2D eigenvalue weighted by molar-refractivity contribution is -0.274. The second-order valence-corrected chi connectivity index (χ2v) is 8.80. The highest BCUT2D eigenvalue weighted by atomic mass is 35.5. The van der Waals surface area contributed by atoms with E-state index in [2.05, 4.69) is 4.74 Å². The van der Waals surface area contributed by atoms with E-state index >= 15 is 0 Å². The Kier molecular flexibility index (Phi) is 6.85. The second-order valence-electron chi connectivity index (χ2n) is 8.36. The highest BCUT2D eigenvalue weighted by molar-refractivity contribution is 6.30. The van der Waals surface area contributed by atoms with Crippen LogP contribution in [0.15, 0.2) is 66.7 Å². The number of rotatable bonds is 8. The maximum absolute atomic E-state index is 12.5. The van der Waals surface area contributed by atoms with Crippen LogP contribution >= 0.6 is 11.6 Å². The molecule has 0 bridgehead atoms. The van der Waals surface area contributed by atoms with Crippen LogP contribution in [0, 0.1) is 0 Å². The normalized spacial score (nSPS) is 12.1. The standard InChI is InChI=1S/C26H24ClF3N2O3/c1-4-33-21-13-14-23-22(15-21)31-24(25(2,3)34-19-11-7-18(27)8-12-19)32(23)16-17-5-9-20(10-6-17)35-26(28,29)30/h5-15H,4,16H2,1-3H3. The summed E-state index contributed by atoms with van der Waals surface area (Å²) in [6, 6.07) is 18.5.